The minimum Gasteiger partial charge on any atom is -0.468 e. The summed E-state index contributed by atoms with van der Waals surface area (Å²) in [5.74, 6) is -0.387. The summed E-state index contributed by atoms with van der Waals surface area (Å²) < 4.78 is 9.67. The van der Waals surface area contributed by atoms with Gasteiger partial charge in [-0.1, -0.05) is 0 Å². The van der Waals surface area contributed by atoms with Crippen LogP contribution in [0.4, 0.5) is 0 Å². The molecule has 0 aliphatic carbocycles. The maximum Gasteiger partial charge on any atom is 0.322 e. The van der Waals surface area contributed by atoms with Crippen molar-refractivity contribution in [3.8, 4) is 0 Å². The quantitative estimate of drug-likeness (QED) is 0.610. The van der Waals surface area contributed by atoms with Crippen LogP contribution in [0.1, 0.15) is 20.3 Å². The van der Waals surface area contributed by atoms with Crippen LogP contribution in [0.25, 0.3) is 0 Å². The molecule has 0 rings (SSSR count). The highest BCUT2D eigenvalue weighted by atomic mass is 16.5. The smallest absolute Gasteiger partial charge is 0.322 e. The Morgan fingerprint density at radius 1 is 1.50 bits per heavy atom. The Bertz CT molecular complexity index is 136. The predicted octanol–water partition coefficient (Wildman–Crippen LogP) is 0.302. The monoisotopic (exact) mass is 175 g/mol. The fraction of sp³-hybridized carbons (Fsp3) is 0.875. The van der Waals surface area contributed by atoms with Crippen LogP contribution in [0, 0.1) is 0 Å². The number of carbonyl (C=O) groups excluding carboxylic acids is 1. The minimum atomic E-state index is -0.561. The first-order chi connectivity index (χ1) is 5.57. The van der Waals surface area contributed by atoms with Gasteiger partial charge in [-0.05, 0) is 20.3 Å². The zero-order chi connectivity index (χ0) is 9.56. The topological polar surface area (TPSA) is 61.5 Å². The summed E-state index contributed by atoms with van der Waals surface area (Å²) in [6.07, 6.45) is 0.681. The molecule has 0 aromatic carbocycles. The maximum absolute atomic E-state index is 10.8. The molecule has 4 nitrogen and oxygen atoms in total. The third-order valence-corrected chi connectivity index (χ3v) is 1.38. The van der Waals surface area contributed by atoms with Crippen molar-refractivity contribution in [2.24, 2.45) is 5.73 Å². The standard InChI is InChI=1S/C8H17NO3/c1-6(2)12-5-4-7(9)8(10)11-3/h6-7H,4-5,9H2,1-3H3/t7-/m0/s1. The number of carbonyl (C=O) groups is 1. The van der Waals surface area contributed by atoms with Crippen LogP contribution in [-0.4, -0.2) is 31.8 Å². The second-order valence-corrected chi connectivity index (χ2v) is 2.84. The summed E-state index contributed by atoms with van der Waals surface area (Å²) in [7, 11) is 1.32. The highest BCUT2D eigenvalue weighted by molar-refractivity contribution is 5.75. The average Bonchev–Trinajstić information content (AvgIpc) is 2.02. The van der Waals surface area contributed by atoms with Gasteiger partial charge < -0.3 is 15.2 Å². The van der Waals surface area contributed by atoms with Gasteiger partial charge in [-0.15, -0.1) is 0 Å². The van der Waals surface area contributed by atoms with E-state index < -0.39 is 6.04 Å². The fourth-order valence-corrected chi connectivity index (χ4v) is 0.700. The molecule has 1 atom stereocenters. The zero-order valence-corrected chi connectivity index (χ0v) is 7.87. The summed E-state index contributed by atoms with van der Waals surface area (Å²) >= 11 is 0. The molecule has 0 unspecified atom stereocenters. The van der Waals surface area contributed by atoms with E-state index in [9.17, 15) is 4.79 Å². The SMILES string of the molecule is COC(=O)[C@@H](N)CCOC(C)C. The number of esters is 1. The lowest BCUT2D eigenvalue weighted by molar-refractivity contribution is -0.142. The predicted molar refractivity (Wildman–Crippen MR) is 45.7 cm³/mol. The van der Waals surface area contributed by atoms with E-state index in [-0.39, 0.29) is 12.1 Å². The van der Waals surface area contributed by atoms with E-state index in [0.29, 0.717) is 13.0 Å². The molecule has 0 saturated carbocycles. The molecular formula is C8H17NO3. The van der Waals surface area contributed by atoms with Gasteiger partial charge >= 0.3 is 5.97 Å². The normalized spacial score (nSPS) is 13.1. The fourth-order valence-electron chi connectivity index (χ4n) is 0.700. The van der Waals surface area contributed by atoms with Crippen molar-refractivity contribution in [2.45, 2.75) is 32.4 Å². The third kappa shape index (κ3) is 5.09. The van der Waals surface area contributed by atoms with Gasteiger partial charge in [0, 0.05) is 6.61 Å². The highest BCUT2D eigenvalue weighted by Gasteiger charge is 2.12. The Morgan fingerprint density at radius 2 is 2.08 bits per heavy atom. The molecule has 0 spiro atoms. The van der Waals surface area contributed by atoms with Crippen molar-refractivity contribution in [3.63, 3.8) is 0 Å². The van der Waals surface area contributed by atoms with E-state index in [1.165, 1.54) is 7.11 Å². The van der Waals surface area contributed by atoms with Gasteiger partial charge in [-0.25, -0.2) is 0 Å². The van der Waals surface area contributed by atoms with Gasteiger partial charge in [0.2, 0.25) is 0 Å². The summed E-state index contributed by atoms with van der Waals surface area (Å²) in [6, 6.07) is -0.561. The van der Waals surface area contributed by atoms with Crippen LogP contribution >= 0.6 is 0 Å². The average molecular weight is 175 g/mol. The molecule has 0 aromatic heterocycles. The molecule has 0 amide bonds. The van der Waals surface area contributed by atoms with Gasteiger partial charge in [0.15, 0.2) is 0 Å². The van der Waals surface area contributed by atoms with Crippen molar-refractivity contribution in [1.82, 2.24) is 0 Å². The van der Waals surface area contributed by atoms with Crippen LogP contribution in [0.2, 0.25) is 0 Å². The van der Waals surface area contributed by atoms with Crippen molar-refractivity contribution in [2.75, 3.05) is 13.7 Å². The first-order valence-corrected chi connectivity index (χ1v) is 4.03. The van der Waals surface area contributed by atoms with Crippen molar-refractivity contribution >= 4 is 5.97 Å². The van der Waals surface area contributed by atoms with E-state index in [4.69, 9.17) is 10.5 Å². The Morgan fingerprint density at radius 3 is 2.50 bits per heavy atom. The first kappa shape index (κ1) is 11.4. The molecule has 0 radical (unpaired) electrons. The Balaban J connectivity index is 3.43. The minimum absolute atomic E-state index is 0.176. The van der Waals surface area contributed by atoms with E-state index >= 15 is 0 Å². The van der Waals surface area contributed by atoms with E-state index in [2.05, 4.69) is 4.74 Å². The van der Waals surface area contributed by atoms with Crippen LogP contribution in [0.15, 0.2) is 0 Å². The van der Waals surface area contributed by atoms with Gasteiger partial charge in [-0.2, -0.15) is 0 Å². The summed E-state index contributed by atoms with van der Waals surface area (Å²) in [6.45, 7) is 4.36. The molecule has 0 aliphatic heterocycles. The number of rotatable bonds is 5. The van der Waals surface area contributed by atoms with Crippen molar-refractivity contribution in [1.29, 1.82) is 0 Å². The lowest BCUT2D eigenvalue weighted by Crippen LogP contribution is -2.32. The zero-order valence-electron chi connectivity index (χ0n) is 7.87. The maximum atomic E-state index is 10.8. The number of methoxy groups -OCH3 is 1. The molecule has 0 saturated heterocycles. The first-order valence-electron chi connectivity index (χ1n) is 4.03. The van der Waals surface area contributed by atoms with Gasteiger partial charge in [0.25, 0.3) is 0 Å². The van der Waals surface area contributed by atoms with E-state index in [1.54, 1.807) is 0 Å². The molecule has 2 N–H and O–H groups in total. The third-order valence-electron chi connectivity index (χ3n) is 1.38. The number of hydrogen-bond acceptors (Lipinski definition) is 4. The number of hydrogen-bond donors (Lipinski definition) is 1. The van der Waals surface area contributed by atoms with Crippen LogP contribution in [0.3, 0.4) is 0 Å². The molecule has 0 fully saturated rings. The Labute approximate surface area is 73.0 Å². The number of nitrogens with two attached hydrogens (primary N) is 1. The van der Waals surface area contributed by atoms with Gasteiger partial charge in [-0.3, -0.25) is 4.79 Å². The lowest BCUT2D eigenvalue weighted by atomic mass is 10.2. The Kier molecular flexibility index (Phi) is 5.66. The van der Waals surface area contributed by atoms with E-state index in [0.717, 1.165) is 0 Å². The van der Waals surface area contributed by atoms with Crippen LogP contribution in [-0.2, 0) is 14.3 Å². The summed E-state index contributed by atoms with van der Waals surface area (Å²) in [5.41, 5.74) is 5.46. The molecule has 12 heavy (non-hydrogen) atoms. The van der Waals surface area contributed by atoms with Crippen LogP contribution < -0.4 is 5.73 Å². The molecule has 0 aromatic rings. The van der Waals surface area contributed by atoms with E-state index in [1.807, 2.05) is 13.8 Å². The molecule has 0 aliphatic rings. The van der Waals surface area contributed by atoms with Gasteiger partial charge in [0.05, 0.1) is 13.2 Å². The lowest BCUT2D eigenvalue weighted by Gasteiger charge is -2.10. The highest BCUT2D eigenvalue weighted by Crippen LogP contribution is 1.95. The largest absolute Gasteiger partial charge is 0.468 e. The molecule has 72 valence electrons. The summed E-state index contributed by atoms with van der Waals surface area (Å²) in [4.78, 5) is 10.8. The summed E-state index contributed by atoms with van der Waals surface area (Å²) in [5, 5.41) is 0. The second kappa shape index (κ2) is 5.97. The molecule has 0 heterocycles. The van der Waals surface area contributed by atoms with Crippen LogP contribution in [0.5, 0.6) is 0 Å². The van der Waals surface area contributed by atoms with Crippen molar-refractivity contribution < 1.29 is 14.3 Å². The molecular weight excluding hydrogens is 158 g/mol. The Hall–Kier alpha value is -0.610. The number of ether oxygens (including phenoxy) is 2. The van der Waals surface area contributed by atoms with Gasteiger partial charge in [0.1, 0.15) is 6.04 Å². The van der Waals surface area contributed by atoms with Crippen molar-refractivity contribution in [3.05, 3.63) is 0 Å². The second-order valence-electron chi connectivity index (χ2n) is 2.84. The molecule has 4 heteroatoms. The molecule has 0 bridgehead atoms.